The number of nitriles is 1. The van der Waals surface area contributed by atoms with E-state index in [1.807, 2.05) is 6.07 Å². The van der Waals surface area contributed by atoms with E-state index in [2.05, 4.69) is 5.32 Å². The van der Waals surface area contributed by atoms with Crippen molar-refractivity contribution >= 4 is 17.7 Å². The van der Waals surface area contributed by atoms with Crippen LogP contribution in [-0.4, -0.2) is 5.91 Å². The summed E-state index contributed by atoms with van der Waals surface area (Å²) < 4.78 is 12.9. The molecule has 0 unspecified atom stereocenters. The first-order valence-electron chi connectivity index (χ1n) is 5.92. The third kappa shape index (κ3) is 3.79. The van der Waals surface area contributed by atoms with Crippen LogP contribution >= 0.6 is 0 Å². The number of carbonyl (C=O) groups excluding carboxylic acids is 1. The Kier molecular flexibility index (Phi) is 4.25. The van der Waals surface area contributed by atoms with Gasteiger partial charge in [-0.1, -0.05) is 12.1 Å². The van der Waals surface area contributed by atoms with Crippen molar-refractivity contribution in [3.8, 4) is 6.07 Å². The lowest BCUT2D eigenvalue weighted by molar-refractivity contribution is -0.111. The van der Waals surface area contributed by atoms with Gasteiger partial charge in [-0.25, -0.2) is 4.39 Å². The van der Waals surface area contributed by atoms with E-state index in [1.54, 1.807) is 36.4 Å². The summed E-state index contributed by atoms with van der Waals surface area (Å²) >= 11 is 0. The molecule has 0 atom stereocenters. The zero-order chi connectivity index (χ0) is 14.4. The molecular formula is C16H11FN2O. The van der Waals surface area contributed by atoms with Gasteiger partial charge in [-0.05, 0) is 48.0 Å². The Bertz CT molecular complexity index is 684. The highest BCUT2D eigenvalue weighted by Gasteiger charge is 1.98. The van der Waals surface area contributed by atoms with Crippen LogP contribution < -0.4 is 5.32 Å². The number of hydrogen-bond acceptors (Lipinski definition) is 2. The van der Waals surface area contributed by atoms with E-state index >= 15 is 0 Å². The van der Waals surface area contributed by atoms with Gasteiger partial charge >= 0.3 is 0 Å². The second-order valence-electron chi connectivity index (χ2n) is 4.07. The number of hydrogen-bond donors (Lipinski definition) is 1. The summed E-state index contributed by atoms with van der Waals surface area (Å²) in [6.07, 6.45) is 2.86. The molecule has 0 spiro atoms. The van der Waals surface area contributed by atoms with Gasteiger partial charge < -0.3 is 5.32 Å². The van der Waals surface area contributed by atoms with Gasteiger partial charge in [0.25, 0.3) is 0 Å². The summed E-state index contributed by atoms with van der Waals surface area (Å²) in [6, 6.07) is 14.5. The molecule has 2 aromatic rings. The van der Waals surface area contributed by atoms with Crippen molar-refractivity contribution in [1.29, 1.82) is 5.26 Å². The van der Waals surface area contributed by atoms with Crippen molar-refractivity contribution in [2.24, 2.45) is 0 Å². The number of rotatable bonds is 3. The molecule has 2 rings (SSSR count). The standard InChI is InChI=1S/C16H11FN2O/c17-14-3-1-2-12(10-14)6-9-16(20)19-15-7-4-13(11-18)5-8-15/h1-10H,(H,19,20)/b9-6+. The first-order valence-corrected chi connectivity index (χ1v) is 5.92. The molecule has 0 saturated carbocycles. The fourth-order valence-electron chi connectivity index (χ4n) is 1.59. The number of anilines is 1. The van der Waals surface area contributed by atoms with Crippen LogP contribution in [-0.2, 0) is 4.79 Å². The maximum absolute atomic E-state index is 12.9. The number of benzene rings is 2. The molecule has 0 aromatic heterocycles. The molecule has 0 aliphatic heterocycles. The number of carbonyl (C=O) groups is 1. The van der Waals surface area contributed by atoms with Crippen LogP contribution in [0.4, 0.5) is 10.1 Å². The van der Waals surface area contributed by atoms with Crippen molar-refractivity contribution in [3.63, 3.8) is 0 Å². The Morgan fingerprint density at radius 1 is 1.20 bits per heavy atom. The SMILES string of the molecule is N#Cc1ccc(NC(=O)/C=C/c2cccc(F)c2)cc1. The van der Waals surface area contributed by atoms with E-state index in [4.69, 9.17) is 5.26 Å². The first-order chi connectivity index (χ1) is 9.67. The fourth-order valence-corrected chi connectivity index (χ4v) is 1.59. The minimum Gasteiger partial charge on any atom is -0.323 e. The molecule has 0 heterocycles. The third-order valence-electron chi connectivity index (χ3n) is 2.56. The molecule has 0 saturated heterocycles. The zero-order valence-corrected chi connectivity index (χ0v) is 10.5. The van der Waals surface area contributed by atoms with Crippen molar-refractivity contribution in [3.05, 3.63) is 71.6 Å². The van der Waals surface area contributed by atoms with Crippen LogP contribution in [0.5, 0.6) is 0 Å². The second kappa shape index (κ2) is 6.30. The van der Waals surface area contributed by atoms with Crippen LogP contribution in [0.25, 0.3) is 6.08 Å². The van der Waals surface area contributed by atoms with Gasteiger partial charge in [0.1, 0.15) is 5.82 Å². The topological polar surface area (TPSA) is 52.9 Å². The molecule has 20 heavy (non-hydrogen) atoms. The molecule has 4 heteroatoms. The lowest BCUT2D eigenvalue weighted by Gasteiger charge is -2.01. The summed E-state index contributed by atoms with van der Waals surface area (Å²) in [5.41, 5.74) is 1.73. The highest BCUT2D eigenvalue weighted by Crippen LogP contribution is 2.09. The minimum atomic E-state index is -0.348. The first kappa shape index (κ1) is 13.5. The molecule has 0 fully saturated rings. The lowest BCUT2D eigenvalue weighted by Crippen LogP contribution is -2.07. The average Bonchev–Trinajstić information content (AvgIpc) is 2.46. The van der Waals surface area contributed by atoms with E-state index in [0.717, 1.165) is 0 Å². The van der Waals surface area contributed by atoms with Crippen molar-refractivity contribution in [1.82, 2.24) is 0 Å². The van der Waals surface area contributed by atoms with Gasteiger partial charge in [0.15, 0.2) is 0 Å². The van der Waals surface area contributed by atoms with Crippen molar-refractivity contribution < 1.29 is 9.18 Å². The molecule has 0 radical (unpaired) electrons. The maximum atomic E-state index is 12.9. The monoisotopic (exact) mass is 266 g/mol. The van der Waals surface area contributed by atoms with E-state index in [0.29, 0.717) is 16.8 Å². The lowest BCUT2D eigenvalue weighted by atomic mass is 10.2. The average molecular weight is 266 g/mol. The van der Waals surface area contributed by atoms with Crippen LogP contribution in [0.15, 0.2) is 54.6 Å². The number of amides is 1. The highest BCUT2D eigenvalue weighted by molar-refractivity contribution is 6.01. The van der Waals surface area contributed by atoms with Gasteiger partial charge in [-0.15, -0.1) is 0 Å². The molecule has 1 N–H and O–H groups in total. The van der Waals surface area contributed by atoms with E-state index in [1.165, 1.54) is 24.3 Å². The Labute approximate surface area is 116 Å². The number of halogens is 1. The van der Waals surface area contributed by atoms with Gasteiger partial charge in [0.05, 0.1) is 11.6 Å². The summed E-state index contributed by atoms with van der Waals surface area (Å²) in [5.74, 6) is -0.668. The summed E-state index contributed by atoms with van der Waals surface area (Å²) in [6.45, 7) is 0. The molecular weight excluding hydrogens is 255 g/mol. The fraction of sp³-hybridized carbons (Fsp3) is 0. The highest BCUT2D eigenvalue weighted by atomic mass is 19.1. The van der Waals surface area contributed by atoms with E-state index < -0.39 is 0 Å². The summed E-state index contributed by atoms with van der Waals surface area (Å²) in [7, 11) is 0. The number of nitrogens with zero attached hydrogens (tertiary/aromatic N) is 1. The predicted octanol–water partition coefficient (Wildman–Crippen LogP) is 3.35. The van der Waals surface area contributed by atoms with Crippen LogP contribution in [0.2, 0.25) is 0 Å². The van der Waals surface area contributed by atoms with Gasteiger partial charge in [0, 0.05) is 11.8 Å². The van der Waals surface area contributed by atoms with Gasteiger partial charge in [-0.3, -0.25) is 4.79 Å². The zero-order valence-electron chi connectivity index (χ0n) is 10.5. The van der Waals surface area contributed by atoms with Crippen molar-refractivity contribution in [2.75, 3.05) is 5.32 Å². The van der Waals surface area contributed by atoms with Crippen LogP contribution in [0.3, 0.4) is 0 Å². The van der Waals surface area contributed by atoms with E-state index in [-0.39, 0.29) is 11.7 Å². The van der Waals surface area contributed by atoms with Crippen LogP contribution in [0, 0.1) is 17.1 Å². The van der Waals surface area contributed by atoms with E-state index in [9.17, 15) is 9.18 Å². The predicted molar refractivity (Wildman–Crippen MR) is 75.2 cm³/mol. The smallest absolute Gasteiger partial charge is 0.248 e. The Balaban J connectivity index is 2.00. The minimum absolute atomic E-state index is 0.320. The Morgan fingerprint density at radius 2 is 1.95 bits per heavy atom. The molecule has 0 bridgehead atoms. The second-order valence-corrected chi connectivity index (χ2v) is 4.07. The maximum Gasteiger partial charge on any atom is 0.248 e. The number of nitrogens with one attached hydrogen (secondary N) is 1. The third-order valence-corrected chi connectivity index (χ3v) is 2.56. The quantitative estimate of drug-likeness (QED) is 0.866. The largest absolute Gasteiger partial charge is 0.323 e. The molecule has 1 amide bonds. The molecule has 0 aliphatic carbocycles. The van der Waals surface area contributed by atoms with Crippen LogP contribution in [0.1, 0.15) is 11.1 Å². The van der Waals surface area contributed by atoms with Gasteiger partial charge in [0.2, 0.25) is 5.91 Å². The van der Waals surface area contributed by atoms with Crippen molar-refractivity contribution in [2.45, 2.75) is 0 Å². The van der Waals surface area contributed by atoms with Gasteiger partial charge in [-0.2, -0.15) is 5.26 Å². The summed E-state index contributed by atoms with van der Waals surface area (Å²) in [4.78, 5) is 11.7. The summed E-state index contributed by atoms with van der Waals surface area (Å²) in [5, 5.41) is 11.3. The molecule has 98 valence electrons. The Morgan fingerprint density at radius 3 is 2.60 bits per heavy atom. The Hall–Kier alpha value is -2.93. The molecule has 2 aromatic carbocycles. The molecule has 0 aliphatic rings. The molecule has 3 nitrogen and oxygen atoms in total. The normalized spacial score (nSPS) is 10.2.